The summed E-state index contributed by atoms with van der Waals surface area (Å²) in [5, 5.41) is 15.4. The number of benzene rings is 1. The maximum Gasteiger partial charge on any atom is 0.416 e. The molecule has 10 heteroatoms. The van der Waals surface area contributed by atoms with Crippen LogP contribution in [0.15, 0.2) is 24.3 Å². The summed E-state index contributed by atoms with van der Waals surface area (Å²) in [6.45, 7) is 1.69. The largest absolute Gasteiger partial charge is 0.416 e. The van der Waals surface area contributed by atoms with Crippen molar-refractivity contribution in [3.63, 3.8) is 0 Å². The maximum atomic E-state index is 13.0. The molecule has 26 heavy (non-hydrogen) atoms. The van der Waals surface area contributed by atoms with E-state index in [4.69, 9.17) is 5.41 Å². The Kier molecular flexibility index (Phi) is 6.30. The molecule has 1 aliphatic rings. The van der Waals surface area contributed by atoms with Crippen LogP contribution in [0.3, 0.4) is 0 Å². The van der Waals surface area contributed by atoms with Crippen LogP contribution in [-0.2, 0) is 11.0 Å². The van der Waals surface area contributed by atoms with E-state index < -0.39 is 42.2 Å². The molecule has 0 radical (unpaired) electrons. The van der Waals surface area contributed by atoms with Gasteiger partial charge in [-0.3, -0.25) is 15.4 Å². The highest BCUT2D eigenvalue weighted by molar-refractivity contribution is 6.01. The Balaban J connectivity index is 2.07. The van der Waals surface area contributed by atoms with Crippen LogP contribution in [0.4, 0.5) is 27.6 Å². The molecular weight excluding hydrogens is 359 g/mol. The van der Waals surface area contributed by atoms with Crippen LogP contribution in [0.1, 0.15) is 18.9 Å². The molecule has 5 nitrogen and oxygen atoms in total. The lowest BCUT2D eigenvalue weighted by atomic mass is 9.98. The third kappa shape index (κ3) is 4.98. The first-order chi connectivity index (χ1) is 12.1. The second-order valence-corrected chi connectivity index (χ2v) is 6.15. The Hall–Kier alpha value is -2.07. The first-order valence-electron chi connectivity index (χ1n) is 7.90. The molecule has 0 aromatic heterocycles. The normalized spacial score (nSPS) is 25.0. The van der Waals surface area contributed by atoms with Crippen molar-refractivity contribution in [1.29, 1.82) is 5.41 Å². The van der Waals surface area contributed by atoms with Gasteiger partial charge < -0.3 is 10.7 Å². The van der Waals surface area contributed by atoms with Crippen LogP contribution in [0, 0.1) is 11.3 Å². The minimum absolute atomic E-state index is 0.115. The molecule has 144 valence electrons. The third-order valence-corrected chi connectivity index (χ3v) is 4.09. The molecule has 0 aliphatic carbocycles. The molecule has 1 aromatic rings. The molecule has 0 saturated carbocycles. The fraction of sp³-hybridized carbons (Fsp3) is 0.500. The van der Waals surface area contributed by atoms with Crippen LogP contribution in [0.25, 0.3) is 0 Å². The highest BCUT2D eigenvalue weighted by Gasteiger charge is 2.37. The second kappa shape index (κ2) is 8.09. The zero-order valence-corrected chi connectivity index (χ0v) is 13.8. The minimum Gasteiger partial charge on any atom is -0.325 e. The molecule has 4 atom stereocenters. The van der Waals surface area contributed by atoms with Gasteiger partial charge in [0.25, 0.3) is 6.43 Å². The number of carbonyl (C=O) groups is 1. The van der Waals surface area contributed by atoms with Crippen molar-refractivity contribution < 1.29 is 26.7 Å². The van der Waals surface area contributed by atoms with E-state index in [1.807, 2.05) is 0 Å². The molecule has 4 N–H and O–H groups in total. The summed E-state index contributed by atoms with van der Waals surface area (Å²) < 4.78 is 63.6. The first-order valence-corrected chi connectivity index (χ1v) is 7.90. The molecule has 1 aliphatic heterocycles. The molecule has 1 fully saturated rings. The summed E-state index contributed by atoms with van der Waals surface area (Å²) in [7, 11) is 0. The Morgan fingerprint density at radius 3 is 2.38 bits per heavy atom. The van der Waals surface area contributed by atoms with Crippen molar-refractivity contribution >= 4 is 17.8 Å². The SMILES string of the molecule is CC1CC(C(F)F)NC(C(C=N)C(=O)Nc2ccc(C(F)(F)F)cc2)N1. The quantitative estimate of drug-likeness (QED) is 0.470. The molecule has 0 bridgehead atoms. The highest BCUT2D eigenvalue weighted by Crippen LogP contribution is 2.30. The number of hydrogen-bond acceptors (Lipinski definition) is 4. The zero-order valence-electron chi connectivity index (χ0n) is 13.8. The highest BCUT2D eigenvalue weighted by atomic mass is 19.4. The lowest BCUT2D eigenvalue weighted by Crippen LogP contribution is -2.63. The van der Waals surface area contributed by atoms with Gasteiger partial charge >= 0.3 is 6.18 Å². The first kappa shape index (κ1) is 20.2. The summed E-state index contributed by atoms with van der Waals surface area (Å²) in [6, 6.07) is 2.42. The average molecular weight is 378 g/mol. The van der Waals surface area contributed by atoms with Crippen molar-refractivity contribution in [2.24, 2.45) is 5.92 Å². The summed E-state index contributed by atoms with van der Waals surface area (Å²) >= 11 is 0. The van der Waals surface area contributed by atoms with E-state index in [-0.39, 0.29) is 18.2 Å². The number of hydrogen-bond donors (Lipinski definition) is 4. The van der Waals surface area contributed by atoms with E-state index in [0.717, 1.165) is 30.5 Å². The van der Waals surface area contributed by atoms with E-state index in [9.17, 15) is 26.7 Å². The van der Waals surface area contributed by atoms with Crippen LogP contribution in [0.2, 0.25) is 0 Å². The van der Waals surface area contributed by atoms with Gasteiger partial charge in [-0.25, -0.2) is 8.78 Å². The Bertz CT molecular complexity index is 635. The van der Waals surface area contributed by atoms with Gasteiger partial charge in [-0.15, -0.1) is 0 Å². The third-order valence-electron chi connectivity index (χ3n) is 4.09. The molecule has 1 aromatic carbocycles. The van der Waals surface area contributed by atoms with Gasteiger partial charge in [-0.05, 0) is 37.6 Å². The second-order valence-electron chi connectivity index (χ2n) is 6.15. The topological polar surface area (TPSA) is 77.0 Å². The van der Waals surface area contributed by atoms with Gasteiger partial charge in [0, 0.05) is 17.9 Å². The van der Waals surface area contributed by atoms with Crippen molar-refractivity contribution in [1.82, 2.24) is 10.6 Å². The standard InChI is InChI=1S/C16H19F5N4O/c1-8-6-12(13(17)18)25-14(23-8)11(7-22)15(26)24-10-4-2-9(3-5-10)16(19,20)21/h2-5,7-8,11-14,22-23,25H,6H2,1H3,(H,24,26). The smallest absolute Gasteiger partial charge is 0.325 e. The summed E-state index contributed by atoms with van der Waals surface area (Å²) in [4.78, 5) is 12.4. The predicted octanol–water partition coefficient (Wildman–Crippen LogP) is 2.84. The molecule has 1 saturated heterocycles. The van der Waals surface area contributed by atoms with Crippen LogP contribution in [0.5, 0.6) is 0 Å². The molecule has 0 spiro atoms. The number of carbonyl (C=O) groups excluding carboxylic acids is 1. The molecule has 1 amide bonds. The van der Waals surface area contributed by atoms with Crippen molar-refractivity contribution in [2.75, 3.05) is 5.32 Å². The summed E-state index contributed by atoms with van der Waals surface area (Å²) in [6.07, 6.45) is -7.02. The molecule has 1 heterocycles. The van der Waals surface area contributed by atoms with Crippen molar-refractivity contribution in [3.8, 4) is 0 Å². The van der Waals surface area contributed by atoms with Gasteiger partial charge in [-0.1, -0.05) is 0 Å². The number of rotatable bonds is 5. The number of alkyl halides is 5. The Morgan fingerprint density at radius 1 is 1.27 bits per heavy atom. The van der Waals surface area contributed by atoms with Crippen molar-refractivity contribution in [2.45, 2.75) is 44.2 Å². The predicted molar refractivity (Wildman–Crippen MR) is 86.3 cm³/mol. The van der Waals surface area contributed by atoms with Crippen LogP contribution < -0.4 is 16.0 Å². The van der Waals surface area contributed by atoms with E-state index in [1.165, 1.54) is 0 Å². The van der Waals surface area contributed by atoms with Gasteiger partial charge in [0.1, 0.15) is 5.92 Å². The van der Waals surface area contributed by atoms with Gasteiger partial charge in [0.2, 0.25) is 5.91 Å². The summed E-state index contributed by atoms with van der Waals surface area (Å²) in [5.41, 5.74) is -0.743. The fourth-order valence-corrected chi connectivity index (χ4v) is 2.78. The number of anilines is 1. The lowest BCUT2D eigenvalue weighted by molar-refractivity contribution is -0.137. The molecule has 2 rings (SSSR count). The molecule has 4 unspecified atom stereocenters. The Labute approximate surface area is 146 Å². The van der Waals surface area contributed by atoms with E-state index in [2.05, 4.69) is 16.0 Å². The number of nitrogens with one attached hydrogen (secondary N) is 4. The number of halogens is 5. The zero-order chi connectivity index (χ0) is 19.5. The number of amides is 1. The summed E-state index contributed by atoms with van der Waals surface area (Å²) in [5.74, 6) is -1.80. The van der Waals surface area contributed by atoms with E-state index >= 15 is 0 Å². The molecular formula is C16H19F5N4O. The van der Waals surface area contributed by atoms with Gasteiger partial charge in [-0.2, -0.15) is 13.2 Å². The monoisotopic (exact) mass is 378 g/mol. The van der Waals surface area contributed by atoms with Crippen LogP contribution >= 0.6 is 0 Å². The fourth-order valence-electron chi connectivity index (χ4n) is 2.78. The van der Waals surface area contributed by atoms with Gasteiger partial charge in [0.15, 0.2) is 0 Å². The average Bonchev–Trinajstić information content (AvgIpc) is 2.54. The van der Waals surface area contributed by atoms with Gasteiger partial charge in [0.05, 0.1) is 17.8 Å². The van der Waals surface area contributed by atoms with Crippen molar-refractivity contribution in [3.05, 3.63) is 29.8 Å². The lowest BCUT2D eigenvalue weighted by Gasteiger charge is -2.38. The maximum absolute atomic E-state index is 13.0. The van der Waals surface area contributed by atoms with E-state index in [1.54, 1.807) is 6.92 Å². The minimum atomic E-state index is -4.49. The van der Waals surface area contributed by atoms with E-state index in [0.29, 0.717) is 0 Å². The van der Waals surface area contributed by atoms with Crippen LogP contribution in [-0.4, -0.2) is 36.8 Å². The Morgan fingerprint density at radius 2 is 1.88 bits per heavy atom.